The third kappa shape index (κ3) is 2.61. The fourth-order valence-electron chi connectivity index (χ4n) is 3.87. The average molecular weight is 266 g/mol. The van der Waals surface area contributed by atoms with Gasteiger partial charge in [-0.05, 0) is 38.0 Å². The van der Waals surface area contributed by atoms with Gasteiger partial charge in [0, 0.05) is 25.7 Å². The summed E-state index contributed by atoms with van der Waals surface area (Å²) in [5.74, 6) is 0.0303. The van der Waals surface area contributed by atoms with Crippen LogP contribution in [0.3, 0.4) is 0 Å². The molecule has 3 rings (SSSR count). The third-order valence-electron chi connectivity index (χ3n) is 5.06. The molecule has 0 aromatic rings. The van der Waals surface area contributed by atoms with E-state index in [2.05, 4.69) is 4.90 Å². The van der Waals surface area contributed by atoms with Crippen molar-refractivity contribution >= 4 is 11.9 Å². The van der Waals surface area contributed by atoms with Crippen LogP contribution >= 0.6 is 0 Å². The minimum atomic E-state index is -0.719. The Balaban J connectivity index is 1.48. The second-order valence-electron chi connectivity index (χ2n) is 6.26. The van der Waals surface area contributed by atoms with Gasteiger partial charge < -0.3 is 10.0 Å². The Bertz CT molecular complexity index is 377. The molecule has 2 atom stereocenters. The number of carbonyl (C=O) groups excluding carboxylic acids is 1. The largest absolute Gasteiger partial charge is 0.481 e. The number of aliphatic carboxylic acids is 1. The highest BCUT2D eigenvalue weighted by molar-refractivity contribution is 5.79. The lowest BCUT2D eigenvalue weighted by Gasteiger charge is -2.33. The molecule has 2 heterocycles. The van der Waals surface area contributed by atoms with Crippen molar-refractivity contribution in [2.24, 2.45) is 11.8 Å². The quantitative estimate of drug-likeness (QED) is 0.820. The van der Waals surface area contributed by atoms with Crippen LogP contribution in [0.25, 0.3) is 0 Å². The average Bonchev–Trinajstić information content (AvgIpc) is 3.01. The number of carboxylic acids is 1. The number of carboxylic acid groups (broad SMARTS) is 1. The fourth-order valence-corrected chi connectivity index (χ4v) is 3.87. The summed E-state index contributed by atoms with van der Waals surface area (Å²) < 4.78 is 0. The molecule has 1 aliphatic carbocycles. The van der Waals surface area contributed by atoms with Gasteiger partial charge in [0.05, 0.1) is 12.5 Å². The van der Waals surface area contributed by atoms with Crippen molar-refractivity contribution in [2.45, 2.75) is 38.1 Å². The van der Waals surface area contributed by atoms with Crippen LogP contribution in [0.1, 0.15) is 32.1 Å². The van der Waals surface area contributed by atoms with E-state index in [-0.39, 0.29) is 11.8 Å². The van der Waals surface area contributed by atoms with Crippen LogP contribution < -0.4 is 0 Å². The van der Waals surface area contributed by atoms with Gasteiger partial charge in [-0.3, -0.25) is 14.5 Å². The summed E-state index contributed by atoms with van der Waals surface area (Å²) in [6.45, 7) is 2.84. The van der Waals surface area contributed by atoms with Crippen LogP contribution in [0.5, 0.6) is 0 Å². The number of carbonyl (C=O) groups is 2. The number of fused-ring (bicyclic) bond motifs is 2. The first-order valence-corrected chi connectivity index (χ1v) is 7.38. The maximum Gasteiger partial charge on any atom is 0.306 e. The Morgan fingerprint density at radius 1 is 1.11 bits per heavy atom. The predicted molar refractivity (Wildman–Crippen MR) is 69.6 cm³/mol. The monoisotopic (exact) mass is 266 g/mol. The highest BCUT2D eigenvalue weighted by Crippen LogP contribution is 2.37. The molecule has 2 bridgehead atoms. The van der Waals surface area contributed by atoms with Crippen LogP contribution in [0.4, 0.5) is 0 Å². The molecule has 0 radical (unpaired) electrons. The summed E-state index contributed by atoms with van der Waals surface area (Å²) >= 11 is 0. The minimum absolute atomic E-state index is 0.191. The van der Waals surface area contributed by atoms with Gasteiger partial charge in [-0.15, -0.1) is 0 Å². The maximum atomic E-state index is 12.2. The summed E-state index contributed by atoms with van der Waals surface area (Å²) in [7, 11) is 0. The molecule has 3 fully saturated rings. The van der Waals surface area contributed by atoms with E-state index in [1.54, 1.807) is 0 Å². The second-order valence-corrected chi connectivity index (χ2v) is 6.26. The van der Waals surface area contributed by atoms with Gasteiger partial charge in [0.25, 0.3) is 0 Å². The molecule has 5 heteroatoms. The Labute approximate surface area is 113 Å². The Kier molecular flexibility index (Phi) is 3.48. The van der Waals surface area contributed by atoms with E-state index in [4.69, 9.17) is 5.11 Å². The van der Waals surface area contributed by atoms with Gasteiger partial charge >= 0.3 is 5.97 Å². The summed E-state index contributed by atoms with van der Waals surface area (Å²) in [4.78, 5) is 27.3. The molecule has 1 amide bonds. The standard InChI is InChI=1S/C14H22N2O3/c17-13(9-16-8-10-1-2-12(16)7-10)15-5-3-11(4-6-15)14(18)19/h10-12H,1-9H2,(H,18,19). The minimum Gasteiger partial charge on any atom is -0.481 e. The topological polar surface area (TPSA) is 60.9 Å². The van der Waals surface area contributed by atoms with E-state index in [0.717, 1.165) is 12.5 Å². The van der Waals surface area contributed by atoms with Crippen LogP contribution in [0.15, 0.2) is 0 Å². The first-order valence-electron chi connectivity index (χ1n) is 7.38. The van der Waals surface area contributed by atoms with Crippen molar-refractivity contribution in [1.29, 1.82) is 0 Å². The van der Waals surface area contributed by atoms with E-state index in [1.165, 1.54) is 19.3 Å². The SMILES string of the molecule is O=C(O)C1CCN(C(=O)CN2CC3CCC2C3)CC1. The zero-order chi connectivity index (χ0) is 13.4. The number of piperidine rings is 2. The molecule has 0 aromatic heterocycles. The van der Waals surface area contributed by atoms with Crippen LogP contribution in [0.2, 0.25) is 0 Å². The van der Waals surface area contributed by atoms with Crippen molar-refractivity contribution in [3.05, 3.63) is 0 Å². The van der Waals surface area contributed by atoms with Gasteiger partial charge in [0.1, 0.15) is 0 Å². The lowest BCUT2D eigenvalue weighted by Crippen LogP contribution is -2.46. The molecule has 3 aliphatic rings. The van der Waals surface area contributed by atoms with E-state index in [1.807, 2.05) is 4.90 Å². The van der Waals surface area contributed by atoms with Gasteiger partial charge in [-0.2, -0.15) is 0 Å². The van der Waals surface area contributed by atoms with Gasteiger partial charge in [-0.25, -0.2) is 0 Å². The molecule has 2 unspecified atom stereocenters. The molecule has 19 heavy (non-hydrogen) atoms. The molecule has 2 aliphatic heterocycles. The van der Waals surface area contributed by atoms with Crippen LogP contribution in [-0.4, -0.2) is 59.0 Å². The number of likely N-dealkylation sites (tertiary alicyclic amines) is 2. The first kappa shape index (κ1) is 12.9. The highest BCUT2D eigenvalue weighted by Gasteiger charge is 2.39. The third-order valence-corrected chi connectivity index (χ3v) is 5.06. The normalized spacial score (nSPS) is 31.9. The fraction of sp³-hybridized carbons (Fsp3) is 0.857. The summed E-state index contributed by atoms with van der Waals surface area (Å²) in [6.07, 6.45) is 5.06. The summed E-state index contributed by atoms with van der Waals surface area (Å²) in [5.41, 5.74) is 0. The molecular formula is C14H22N2O3. The molecule has 1 N–H and O–H groups in total. The van der Waals surface area contributed by atoms with Gasteiger partial charge in [-0.1, -0.05) is 0 Å². The molecular weight excluding hydrogens is 244 g/mol. The zero-order valence-electron chi connectivity index (χ0n) is 11.3. The van der Waals surface area contributed by atoms with Crippen molar-refractivity contribution in [3.63, 3.8) is 0 Å². The predicted octanol–water partition coefficient (Wildman–Crippen LogP) is 0.794. The van der Waals surface area contributed by atoms with E-state index < -0.39 is 5.97 Å². The smallest absolute Gasteiger partial charge is 0.306 e. The first-order chi connectivity index (χ1) is 9.13. The van der Waals surface area contributed by atoms with Gasteiger partial charge in [0.2, 0.25) is 5.91 Å². The Morgan fingerprint density at radius 2 is 1.84 bits per heavy atom. The van der Waals surface area contributed by atoms with Gasteiger partial charge in [0.15, 0.2) is 0 Å². The van der Waals surface area contributed by atoms with E-state index in [0.29, 0.717) is 38.5 Å². The lowest BCUT2D eigenvalue weighted by atomic mass is 9.97. The Morgan fingerprint density at radius 3 is 2.37 bits per heavy atom. The second kappa shape index (κ2) is 5.12. The van der Waals surface area contributed by atoms with Crippen molar-refractivity contribution in [3.8, 4) is 0 Å². The van der Waals surface area contributed by atoms with Crippen LogP contribution in [0, 0.1) is 11.8 Å². The zero-order valence-corrected chi connectivity index (χ0v) is 11.3. The molecule has 106 valence electrons. The number of amides is 1. The summed E-state index contributed by atoms with van der Waals surface area (Å²) in [6, 6.07) is 0.630. The van der Waals surface area contributed by atoms with Crippen molar-refractivity contribution < 1.29 is 14.7 Å². The van der Waals surface area contributed by atoms with E-state index in [9.17, 15) is 9.59 Å². The number of rotatable bonds is 3. The lowest BCUT2D eigenvalue weighted by molar-refractivity contribution is -0.146. The molecule has 2 saturated heterocycles. The number of nitrogens with zero attached hydrogens (tertiary/aromatic N) is 2. The van der Waals surface area contributed by atoms with E-state index >= 15 is 0 Å². The molecule has 0 aromatic carbocycles. The number of hydrogen-bond donors (Lipinski definition) is 1. The van der Waals surface area contributed by atoms with Crippen molar-refractivity contribution in [1.82, 2.24) is 9.80 Å². The number of hydrogen-bond acceptors (Lipinski definition) is 3. The van der Waals surface area contributed by atoms with Crippen LogP contribution in [-0.2, 0) is 9.59 Å². The maximum absolute atomic E-state index is 12.2. The molecule has 1 saturated carbocycles. The molecule has 0 spiro atoms. The van der Waals surface area contributed by atoms with Crippen molar-refractivity contribution in [2.75, 3.05) is 26.2 Å². The molecule has 5 nitrogen and oxygen atoms in total. The summed E-state index contributed by atoms with van der Waals surface area (Å²) in [5, 5.41) is 8.95. The Hall–Kier alpha value is -1.10. The highest BCUT2D eigenvalue weighted by atomic mass is 16.4.